The maximum Gasteiger partial charge on any atom is 0.0933 e. The van der Waals surface area contributed by atoms with Gasteiger partial charge in [0, 0.05) is 6.04 Å². The van der Waals surface area contributed by atoms with E-state index in [4.69, 9.17) is 0 Å². The van der Waals surface area contributed by atoms with Gasteiger partial charge in [0.25, 0.3) is 0 Å². The first-order valence-electron chi connectivity index (χ1n) is 5.95. The second-order valence-electron chi connectivity index (χ2n) is 4.57. The fraction of sp³-hybridized carbons (Fsp3) is 0.769. The first-order chi connectivity index (χ1) is 7.12. The Hall–Kier alpha value is -0.810. The fourth-order valence-corrected chi connectivity index (χ4v) is 2.63. The van der Waals surface area contributed by atoms with Gasteiger partial charge in [0.2, 0.25) is 0 Å². The van der Waals surface area contributed by atoms with Crippen molar-refractivity contribution in [2.45, 2.75) is 40.2 Å². The van der Waals surface area contributed by atoms with Crippen molar-refractivity contribution in [2.75, 3.05) is 13.1 Å². The highest BCUT2D eigenvalue weighted by Gasteiger charge is 2.44. The molecular weight excluding hydrogens is 184 g/mol. The predicted molar refractivity (Wildman–Crippen MR) is 63.4 cm³/mol. The molecule has 2 unspecified atom stereocenters. The zero-order chi connectivity index (χ0) is 11.5. The lowest BCUT2D eigenvalue weighted by molar-refractivity contribution is 0.122. The van der Waals surface area contributed by atoms with Gasteiger partial charge in [-0.2, -0.15) is 5.26 Å². The summed E-state index contributed by atoms with van der Waals surface area (Å²) in [6.07, 6.45) is 5.32. The third kappa shape index (κ3) is 1.94. The van der Waals surface area contributed by atoms with E-state index in [0.717, 1.165) is 19.5 Å². The first kappa shape index (κ1) is 12.3. The largest absolute Gasteiger partial charge is 0.299 e. The molecule has 0 fully saturated rings. The van der Waals surface area contributed by atoms with Gasteiger partial charge in [-0.1, -0.05) is 39.8 Å². The summed E-state index contributed by atoms with van der Waals surface area (Å²) >= 11 is 0. The summed E-state index contributed by atoms with van der Waals surface area (Å²) in [6, 6.07) is 2.92. The minimum Gasteiger partial charge on any atom is -0.299 e. The predicted octanol–water partition coefficient (Wildman–Crippen LogP) is 2.82. The van der Waals surface area contributed by atoms with Crippen molar-refractivity contribution in [1.29, 1.82) is 5.26 Å². The number of rotatable bonds is 4. The second kappa shape index (κ2) is 4.81. The summed E-state index contributed by atoms with van der Waals surface area (Å²) < 4.78 is 0. The van der Waals surface area contributed by atoms with Crippen LogP contribution in [0, 0.1) is 22.7 Å². The minimum atomic E-state index is -0.272. The van der Waals surface area contributed by atoms with Crippen LogP contribution < -0.4 is 0 Å². The van der Waals surface area contributed by atoms with Crippen LogP contribution in [0.2, 0.25) is 0 Å². The Balaban J connectivity index is 2.96. The molecule has 2 heteroatoms. The van der Waals surface area contributed by atoms with Gasteiger partial charge in [0.15, 0.2) is 0 Å². The van der Waals surface area contributed by atoms with Gasteiger partial charge < -0.3 is 0 Å². The molecule has 2 atom stereocenters. The summed E-state index contributed by atoms with van der Waals surface area (Å²) in [4.78, 5) is 2.41. The average molecular weight is 206 g/mol. The van der Waals surface area contributed by atoms with Crippen LogP contribution in [-0.2, 0) is 0 Å². The van der Waals surface area contributed by atoms with E-state index in [1.807, 2.05) is 0 Å². The highest BCUT2D eigenvalue weighted by molar-refractivity contribution is 5.25. The van der Waals surface area contributed by atoms with Gasteiger partial charge >= 0.3 is 0 Å². The molecule has 84 valence electrons. The van der Waals surface area contributed by atoms with Crippen LogP contribution in [0.1, 0.15) is 34.1 Å². The van der Waals surface area contributed by atoms with Gasteiger partial charge in [0.05, 0.1) is 11.5 Å². The molecule has 0 aromatic rings. The number of hydrogen-bond acceptors (Lipinski definition) is 2. The Bertz CT molecular complexity index is 271. The Kier molecular flexibility index (Phi) is 3.93. The molecule has 1 aliphatic rings. The van der Waals surface area contributed by atoms with E-state index in [9.17, 15) is 5.26 Å². The van der Waals surface area contributed by atoms with E-state index >= 15 is 0 Å². The van der Waals surface area contributed by atoms with E-state index in [-0.39, 0.29) is 5.41 Å². The number of nitriles is 1. The molecule has 0 aromatic carbocycles. The van der Waals surface area contributed by atoms with Gasteiger partial charge in [-0.05, 0) is 25.4 Å². The first-order valence-corrected chi connectivity index (χ1v) is 5.95. The smallest absolute Gasteiger partial charge is 0.0933 e. The lowest BCUT2D eigenvalue weighted by Gasteiger charge is -2.38. The summed E-state index contributed by atoms with van der Waals surface area (Å²) in [6.45, 7) is 10.7. The summed E-state index contributed by atoms with van der Waals surface area (Å²) in [5.74, 6) is 0.381. The maximum absolute atomic E-state index is 9.47. The molecule has 1 rings (SSSR count). The molecule has 0 saturated heterocycles. The van der Waals surface area contributed by atoms with Gasteiger partial charge in [0.1, 0.15) is 0 Å². The lowest BCUT2D eigenvalue weighted by atomic mass is 9.74. The Morgan fingerprint density at radius 2 is 2.07 bits per heavy atom. The molecule has 0 aromatic heterocycles. The standard InChI is InChI=1S/C13H22N2/c1-5-15(6-2)12-8-7-9-13(12,10-14)11(3)4/h7,9,11-12H,5-6,8H2,1-4H3. The van der Waals surface area contributed by atoms with E-state index in [1.54, 1.807) is 0 Å². The van der Waals surface area contributed by atoms with Crippen LogP contribution in [0.4, 0.5) is 0 Å². The van der Waals surface area contributed by atoms with Crippen molar-refractivity contribution >= 4 is 0 Å². The molecule has 0 N–H and O–H groups in total. The zero-order valence-electron chi connectivity index (χ0n) is 10.3. The maximum atomic E-state index is 9.47. The van der Waals surface area contributed by atoms with Crippen LogP contribution in [-0.4, -0.2) is 24.0 Å². The number of nitrogens with zero attached hydrogens (tertiary/aromatic N) is 2. The van der Waals surface area contributed by atoms with Gasteiger partial charge in [-0.3, -0.25) is 4.90 Å². The zero-order valence-corrected chi connectivity index (χ0v) is 10.3. The molecule has 0 heterocycles. The van der Waals surface area contributed by atoms with Crippen molar-refractivity contribution in [3.05, 3.63) is 12.2 Å². The third-order valence-electron chi connectivity index (χ3n) is 3.71. The molecule has 0 radical (unpaired) electrons. The molecular formula is C13H22N2. The van der Waals surface area contributed by atoms with Crippen LogP contribution in [0.25, 0.3) is 0 Å². The Labute approximate surface area is 93.6 Å². The minimum absolute atomic E-state index is 0.272. The molecule has 1 aliphatic carbocycles. The highest BCUT2D eigenvalue weighted by atomic mass is 15.2. The van der Waals surface area contributed by atoms with E-state index in [2.05, 4.69) is 50.8 Å². The number of hydrogen-bond donors (Lipinski definition) is 0. The van der Waals surface area contributed by atoms with E-state index in [1.165, 1.54) is 0 Å². The van der Waals surface area contributed by atoms with E-state index < -0.39 is 0 Å². The summed E-state index contributed by atoms with van der Waals surface area (Å²) in [7, 11) is 0. The molecule has 0 spiro atoms. The Morgan fingerprint density at radius 3 is 2.47 bits per heavy atom. The van der Waals surface area contributed by atoms with Crippen molar-refractivity contribution < 1.29 is 0 Å². The van der Waals surface area contributed by atoms with Crippen LogP contribution >= 0.6 is 0 Å². The van der Waals surface area contributed by atoms with Gasteiger partial charge in [-0.15, -0.1) is 0 Å². The summed E-state index contributed by atoms with van der Waals surface area (Å²) in [5.41, 5.74) is -0.272. The van der Waals surface area contributed by atoms with Crippen LogP contribution in [0.5, 0.6) is 0 Å². The fourth-order valence-electron chi connectivity index (χ4n) is 2.63. The lowest BCUT2D eigenvalue weighted by Crippen LogP contribution is -2.46. The monoisotopic (exact) mass is 206 g/mol. The molecule has 0 aliphatic heterocycles. The normalized spacial score (nSPS) is 30.1. The molecule has 0 saturated carbocycles. The second-order valence-corrected chi connectivity index (χ2v) is 4.57. The third-order valence-corrected chi connectivity index (χ3v) is 3.71. The Morgan fingerprint density at radius 1 is 1.47 bits per heavy atom. The van der Waals surface area contributed by atoms with Crippen molar-refractivity contribution in [1.82, 2.24) is 4.90 Å². The average Bonchev–Trinajstić information content (AvgIpc) is 2.65. The molecule has 15 heavy (non-hydrogen) atoms. The molecule has 0 bridgehead atoms. The highest BCUT2D eigenvalue weighted by Crippen LogP contribution is 2.41. The van der Waals surface area contributed by atoms with Crippen molar-refractivity contribution in [3.63, 3.8) is 0 Å². The van der Waals surface area contributed by atoms with Crippen molar-refractivity contribution in [2.24, 2.45) is 11.3 Å². The van der Waals surface area contributed by atoms with Crippen LogP contribution in [0.15, 0.2) is 12.2 Å². The van der Waals surface area contributed by atoms with Gasteiger partial charge in [-0.25, -0.2) is 0 Å². The quantitative estimate of drug-likeness (QED) is 0.661. The SMILES string of the molecule is CCN(CC)C1CC=CC1(C#N)C(C)C. The van der Waals surface area contributed by atoms with Crippen LogP contribution in [0.3, 0.4) is 0 Å². The molecule has 0 amide bonds. The molecule has 2 nitrogen and oxygen atoms in total. The summed E-state index contributed by atoms with van der Waals surface area (Å²) in [5, 5.41) is 9.47. The van der Waals surface area contributed by atoms with Crippen molar-refractivity contribution in [3.8, 4) is 6.07 Å². The van der Waals surface area contributed by atoms with E-state index in [0.29, 0.717) is 12.0 Å². The topological polar surface area (TPSA) is 27.0 Å².